The second-order valence-corrected chi connectivity index (χ2v) is 7.87. The quantitative estimate of drug-likeness (QED) is 0.229. The normalized spacial score (nSPS) is 14.6. The zero-order valence-corrected chi connectivity index (χ0v) is 19.4. The second kappa shape index (κ2) is 10.1. The Morgan fingerprint density at radius 1 is 1.00 bits per heavy atom. The lowest BCUT2D eigenvalue weighted by molar-refractivity contribution is -0.384. The third-order valence-corrected chi connectivity index (χ3v) is 5.50. The average Bonchev–Trinajstić information content (AvgIpc) is 2.86. The maximum Gasteiger partial charge on any atom is 0.335 e. The van der Waals surface area contributed by atoms with Gasteiger partial charge in [0.2, 0.25) is 0 Å². The summed E-state index contributed by atoms with van der Waals surface area (Å²) in [5.41, 5.74) is 2.06. The first-order valence-electron chi connectivity index (χ1n) is 10.8. The van der Waals surface area contributed by atoms with Gasteiger partial charge in [0.25, 0.3) is 17.5 Å². The third-order valence-electron chi connectivity index (χ3n) is 5.50. The van der Waals surface area contributed by atoms with Gasteiger partial charge < -0.3 is 9.47 Å². The highest BCUT2D eigenvalue weighted by Crippen LogP contribution is 2.31. The fraction of sp³-hybridized carbons (Fsp3) is 0.115. The number of imide groups is 2. The van der Waals surface area contributed by atoms with Crippen LogP contribution in [0.1, 0.15) is 16.7 Å². The van der Waals surface area contributed by atoms with E-state index in [2.05, 4.69) is 5.32 Å². The molecule has 1 aliphatic heterocycles. The van der Waals surface area contributed by atoms with E-state index in [1.165, 1.54) is 25.3 Å². The number of amides is 4. The van der Waals surface area contributed by atoms with Crippen LogP contribution in [0.5, 0.6) is 11.5 Å². The van der Waals surface area contributed by atoms with Crippen molar-refractivity contribution in [3.8, 4) is 11.5 Å². The maximum absolute atomic E-state index is 13.1. The van der Waals surface area contributed by atoms with Gasteiger partial charge in [-0.2, -0.15) is 0 Å². The maximum atomic E-state index is 13.1. The third kappa shape index (κ3) is 4.92. The van der Waals surface area contributed by atoms with E-state index in [4.69, 9.17) is 9.47 Å². The molecule has 1 fully saturated rings. The summed E-state index contributed by atoms with van der Waals surface area (Å²) in [7, 11) is 1.45. The topological polar surface area (TPSA) is 128 Å². The molecule has 1 N–H and O–H groups in total. The molecule has 1 saturated heterocycles. The molecule has 0 bridgehead atoms. The molecule has 3 aromatic carbocycles. The van der Waals surface area contributed by atoms with Crippen molar-refractivity contribution in [3.63, 3.8) is 0 Å². The number of carbonyl (C=O) groups is 3. The molecule has 36 heavy (non-hydrogen) atoms. The summed E-state index contributed by atoms with van der Waals surface area (Å²) < 4.78 is 11.2. The largest absolute Gasteiger partial charge is 0.493 e. The number of anilines is 1. The van der Waals surface area contributed by atoms with Crippen LogP contribution in [0.4, 0.5) is 16.2 Å². The van der Waals surface area contributed by atoms with Crippen molar-refractivity contribution < 1.29 is 28.8 Å². The molecule has 10 heteroatoms. The van der Waals surface area contributed by atoms with Crippen LogP contribution in [0.2, 0.25) is 0 Å². The number of nitro groups is 1. The van der Waals surface area contributed by atoms with Crippen molar-refractivity contribution in [1.29, 1.82) is 0 Å². The Balaban J connectivity index is 1.57. The number of hydrogen-bond donors (Lipinski definition) is 1. The van der Waals surface area contributed by atoms with Gasteiger partial charge in [-0.1, -0.05) is 24.3 Å². The number of nitro benzene ring substituents is 1. The highest BCUT2D eigenvalue weighted by molar-refractivity contribution is 6.39. The van der Waals surface area contributed by atoms with Crippen molar-refractivity contribution in [1.82, 2.24) is 5.32 Å². The Kier molecular flexibility index (Phi) is 6.77. The first-order chi connectivity index (χ1) is 17.3. The molecule has 0 atom stereocenters. The van der Waals surface area contributed by atoms with Gasteiger partial charge in [-0.3, -0.25) is 25.0 Å². The molecule has 4 amide bonds. The van der Waals surface area contributed by atoms with Gasteiger partial charge in [-0.05, 0) is 60.0 Å². The number of nitrogens with zero attached hydrogens (tertiary/aromatic N) is 2. The first kappa shape index (κ1) is 24.1. The second-order valence-electron chi connectivity index (χ2n) is 7.87. The summed E-state index contributed by atoms with van der Waals surface area (Å²) in [4.78, 5) is 49.3. The van der Waals surface area contributed by atoms with Crippen LogP contribution < -0.4 is 19.7 Å². The molecule has 4 rings (SSSR count). The van der Waals surface area contributed by atoms with E-state index in [0.717, 1.165) is 10.5 Å². The molecule has 0 spiro atoms. The smallest absolute Gasteiger partial charge is 0.335 e. The van der Waals surface area contributed by atoms with Crippen molar-refractivity contribution in [2.45, 2.75) is 13.5 Å². The van der Waals surface area contributed by atoms with Crippen LogP contribution in [0.15, 0.2) is 72.3 Å². The highest BCUT2D eigenvalue weighted by atomic mass is 16.6. The lowest BCUT2D eigenvalue weighted by Crippen LogP contribution is -2.54. The van der Waals surface area contributed by atoms with Crippen LogP contribution in [0.25, 0.3) is 6.08 Å². The van der Waals surface area contributed by atoms with Crippen molar-refractivity contribution in [2.24, 2.45) is 0 Å². The van der Waals surface area contributed by atoms with Gasteiger partial charge in [0.1, 0.15) is 12.2 Å². The van der Waals surface area contributed by atoms with Crippen LogP contribution in [0, 0.1) is 17.0 Å². The average molecular weight is 487 g/mol. The molecule has 1 heterocycles. The van der Waals surface area contributed by atoms with Crippen LogP contribution in [-0.2, 0) is 16.2 Å². The number of ether oxygens (including phenoxy) is 2. The van der Waals surface area contributed by atoms with Crippen molar-refractivity contribution in [2.75, 3.05) is 12.0 Å². The summed E-state index contributed by atoms with van der Waals surface area (Å²) in [6.45, 7) is 1.90. The molecule has 10 nitrogen and oxygen atoms in total. The zero-order chi connectivity index (χ0) is 25.8. The Morgan fingerprint density at radius 3 is 2.39 bits per heavy atom. The predicted octanol–water partition coefficient (Wildman–Crippen LogP) is 4.16. The van der Waals surface area contributed by atoms with Crippen LogP contribution in [0.3, 0.4) is 0 Å². The fourth-order valence-electron chi connectivity index (χ4n) is 3.63. The van der Waals surface area contributed by atoms with E-state index >= 15 is 0 Å². The number of para-hydroxylation sites is 1. The molecule has 0 aromatic heterocycles. The summed E-state index contributed by atoms with van der Waals surface area (Å²) >= 11 is 0. The van der Waals surface area contributed by atoms with Crippen molar-refractivity contribution >= 4 is 35.3 Å². The number of nitrogens with one attached hydrogen (secondary N) is 1. The van der Waals surface area contributed by atoms with E-state index in [1.54, 1.807) is 61.5 Å². The Hall–Kier alpha value is -4.99. The number of hydrogen-bond acceptors (Lipinski definition) is 7. The summed E-state index contributed by atoms with van der Waals surface area (Å²) in [5.74, 6) is -0.793. The lowest BCUT2D eigenvalue weighted by Gasteiger charge is -2.27. The number of non-ortho nitro benzene ring substituents is 1. The van der Waals surface area contributed by atoms with Gasteiger partial charge in [0.05, 0.1) is 17.7 Å². The van der Waals surface area contributed by atoms with Gasteiger partial charge in [-0.15, -0.1) is 0 Å². The Morgan fingerprint density at radius 2 is 1.72 bits per heavy atom. The summed E-state index contributed by atoms with van der Waals surface area (Å²) in [6, 6.07) is 16.9. The highest BCUT2D eigenvalue weighted by Gasteiger charge is 2.37. The van der Waals surface area contributed by atoms with Crippen molar-refractivity contribution in [3.05, 3.63) is 99.1 Å². The molecule has 0 saturated carbocycles. The minimum Gasteiger partial charge on any atom is -0.493 e. The van der Waals surface area contributed by atoms with Gasteiger partial charge in [0.15, 0.2) is 11.5 Å². The number of methoxy groups -OCH3 is 1. The van der Waals surface area contributed by atoms with Crippen LogP contribution in [-0.4, -0.2) is 29.9 Å². The van der Waals surface area contributed by atoms with Gasteiger partial charge in [0, 0.05) is 12.1 Å². The van der Waals surface area contributed by atoms with E-state index in [-0.39, 0.29) is 17.9 Å². The minimum absolute atomic E-state index is 0.0160. The zero-order valence-electron chi connectivity index (χ0n) is 19.4. The molecular weight excluding hydrogens is 466 g/mol. The van der Waals surface area contributed by atoms with E-state index in [1.807, 2.05) is 0 Å². The SMILES string of the molecule is COc1cc(/C=C2\C(=O)NC(=O)N(c3ccccc3C)C2=O)ccc1OCc1ccc([N+](=O)[O-])cc1. The molecule has 0 unspecified atom stereocenters. The predicted molar refractivity (Wildman–Crippen MR) is 131 cm³/mol. The summed E-state index contributed by atoms with van der Waals surface area (Å²) in [5, 5.41) is 13.0. The first-order valence-corrected chi connectivity index (χ1v) is 10.8. The van der Waals surface area contributed by atoms with E-state index in [9.17, 15) is 24.5 Å². The summed E-state index contributed by atoms with van der Waals surface area (Å²) in [6.07, 6.45) is 1.37. The molecule has 182 valence electrons. The number of benzene rings is 3. The molecular formula is C26H21N3O7. The molecule has 0 radical (unpaired) electrons. The molecule has 1 aliphatic rings. The number of urea groups is 1. The number of aryl methyl sites for hydroxylation is 1. The monoisotopic (exact) mass is 487 g/mol. The Labute approximate surface area is 205 Å². The van der Waals surface area contributed by atoms with Gasteiger partial charge in [-0.25, -0.2) is 9.69 Å². The number of barbiturate groups is 1. The fourth-order valence-corrected chi connectivity index (χ4v) is 3.63. The number of rotatable bonds is 7. The lowest BCUT2D eigenvalue weighted by atomic mass is 10.1. The molecule has 0 aliphatic carbocycles. The minimum atomic E-state index is -0.816. The Bertz CT molecular complexity index is 1400. The van der Waals surface area contributed by atoms with E-state index < -0.39 is 22.8 Å². The standard InChI is InChI=1S/C26H21N3O7/c1-16-5-3-4-6-21(16)28-25(31)20(24(30)27-26(28)32)13-18-9-12-22(23(14-18)35-2)36-15-17-7-10-19(11-8-17)29(33)34/h3-14H,15H2,1-2H3,(H,27,30,32)/b20-13+. The number of carbonyl (C=O) groups excluding carboxylic acids is 3. The van der Waals surface area contributed by atoms with Gasteiger partial charge >= 0.3 is 6.03 Å². The van der Waals surface area contributed by atoms with E-state index in [0.29, 0.717) is 28.3 Å². The molecule has 3 aromatic rings. The van der Waals surface area contributed by atoms with Crippen LogP contribution >= 0.6 is 0 Å².